The molecule has 1 aromatic rings. The summed E-state index contributed by atoms with van der Waals surface area (Å²) in [4.78, 5) is 25.5. The van der Waals surface area contributed by atoms with Crippen molar-refractivity contribution < 1.29 is 9.53 Å². The molecule has 3 rings (SSSR count). The van der Waals surface area contributed by atoms with E-state index in [-0.39, 0.29) is 5.92 Å². The Morgan fingerprint density at radius 2 is 2.18 bits per heavy atom. The largest absolute Gasteiger partial charge is 0.481 e. The molecule has 1 atom stereocenters. The summed E-state index contributed by atoms with van der Waals surface area (Å²) in [6.45, 7) is 3.37. The van der Waals surface area contributed by atoms with Gasteiger partial charge in [-0.25, -0.2) is 4.98 Å². The number of hydrogen-bond acceptors (Lipinski definition) is 6. The summed E-state index contributed by atoms with van der Waals surface area (Å²) < 4.78 is 5.16. The van der Waals surface area contributed by atoms with Gasteiger partial charge in [-0.3, -0.25) is 4.79 Å². The minimum absolute atomic E-state index is 0.0617. The molecule has 0 radical (unpaired) electrons. The predicted octanol–water partition coefficient (Wildman–Crippen LogP) is 1.28. The first-order valence-corrected chi connectivity index (χ1v) is 8.92. The van der Waals surface area contributed by atoms with Gasteiger partial charge in [0.1, 0.15) is 0 Å². The highest BCUT2D eigenvalue weighted by atomic mass is 32.2. The van der Waals surface area contributed by atoms with Crippen molar-refractivity contribution in [1.29, 1.82) is 0 Å². The van der Waals surface area contributed by atoms with Gasteiger partial charge in [-0.15, -0.1) is 0 Å². The maximum absolute atomic E-state index is 12.7. The standard InChI is InChI=1S/C15H22N4O2S/c1-21-13-4-5-16-15(17-13)19-6-2-3-12(11-19)14(20)18-7-9-22-10-8-18/h4-5,12H,2-3,6-11H2,1H3. The van der Waals surface area contributed by atoms with Crippen LogP contribution in [0.15, 0.2) is 12.3 Å². The third-order valence-corrected chi connectivity index (χ3v) is 5.15. The molecular weight excluding hydrogens is 300 g/mol. The lowest BCUT2D eigenvalue weighted by molar-refractivity contribution is -0.135. The van der Waals surface area contributed by atoms with Gasteiger partial charge in [0.25, 0.3) is 0 Å². The van der Waals surface area contributed by atoms with Gasteiger partial charge < -0.3 is 14.5 Å². The molecule has 0 saturated carbocycles. The van der Waals surface area contributed by atoms with Crippen molar-refractivity contribution in [3.8, 4) is 5.88 Å². The summed E-state index contributed by atoms with van der Waals surface area (Å²) in [6, 6.07) is 1.74. The quantitative estimate of drug-likeness (QED) is 0.835. The van der Waals surface area contributed by atoms with Gasteiger partial charge in [0, 0.05) is 49.9 Å². The lowest BCUT2D eigenvalue weighted by Gasteiger charge is -2.36. The van der Waals surface area contributed by atoms with E-state index >= 15 is 0 Å². The molecule has 1 amide bonds. The summed E-state index contributed by atoms with van der Waals surface area (Å²) in [5, 5.41) is 0. The van der Waals surface area contributed by atoms with Gasteiger partial charge in [0.15, 0.2) is 0 Å². The zero-order valence-corrected chi connectivity index (χ0v) is 13.7. The Kier molecular flexibility index (Phi) is 5.02. The highest BCUT2D eigenvalue weighted by Crippen LogP contribution is 2.24. The van der Waals surface area contributed by atoms with Crippen LogP contribution in [0.5, 0.6) is 5.88 Å². The van der Waals surface area contributed by atoms with Gasteiger partial charge in [-0.1, -0.05) is 0 Å². The summed E-state index contributed by atoms with van der Waals surface area (Å²) in [6.07, 6.45) is 3.66. The maximum atomic E-state index is 12.7. The Hall–Kier alpha value is -1.50. The minimum Gasteiger partial charge on any atom is -0.481 e. The molecule has 0 aliphatic carbocycles. The predicted molar refractivity (Wildman–Crippen MR) is 87.4 cm³/mol. The molecule has 0 bridgehead atoms. The number of ether oxygens (including phenoxy) is 1. The Morgan fingerprint density at radius 3 is 2.95 bits per heavy atom. The molecule has 1 aromatic heterocycles. The molecule has 2 fully saturated rings. The van der Waals surface area contributed by atoms with Crippen LogP contribution in [0, 0.1) is 5.92 Å². The summed E-state index contributed by atoms with van der Waals surface area (Å²) >= 11 is 1.93. The highest BCUT2D eigenvalue weighted by Gasteiger charge is 2.30. The fraction of sp³-hybridized carbons (Fsp3) is 0.667. The molecule has 6 nitrogen and oxygen atoms in total. The second-order valence-corrected chi connectivity index (χ2v) is 6.85. The Balaban J connectivity index is 1.66. The molecule has 0 aromatic carbocycles. The van der Waals surface area contributed by atoms with Gasteiger partial charge >= 0.3 is 0 Å². The van der Waals surface area contributed by atoms with Crippen molar-refractivity contribution in [2.45, 2.75) is 12.8 Å². The van der Waals surface area contributed by atoms with Crippen LogP contribution in [0.4, 0.5) is 5.95 Å². The van der Waals surface area contributed by atoms with Gasteiger partial charge in [0.05, 0.1) is 13.0 Å². The second kappa shape index (κ2) is 7.17. The minimum atomic E-state index is 0.0617. The average molecular weight is 322 g/mol. The van der Waals surface area contributed by atoms with Crippen molar-refractivity contribution >= 4 is 23.6 Å². The van der Waals surface area contributed by atoms with E-state index in [1.165, 1.54) is 0 Å². The molecular formula is C15H22N4O2S. The van der Waals surface area contributed by atoms with Crippen LogP contribution in [0.25, 0.3) is 0 Å². The average Bonchev–Trinajstić information content (AvgIpc) is 2.62. The van der Waals surface area contributed by atoms with E-state index < -0.39 is 0 Å². The van der Waals surface area contributed by atoms with E-state index in [1.807, 2.05) is 16.7 Å². The third-order valence-electron chi connectivity index (χ3n) is 4.20. The SMILES string of the molecule is COc1ccnc(N2CCCC(C(=O)N3CCSCC3)C2)n1. The molecule has 0 N–H and O–H groups in total. The van der Waals surface area contributed by atoms with E-state index in [1.54, 1.807) is 19.4 Å². The highest BCUT2D eigenvalue weighted by molar-refractivity contribution is 7.99. The zero-order chi connectivity index (χ0) is 15.4. The molecule has 120 valence electrons. The van der Waals surface area contributed by atoms with E-state index in [9.17, 15) is 4.79 Å². The zero-order valence-electron chi connectivity index (χ0n) is 12.9. The first-order chi connectivity index (χ1) is 10.8. The number of methoxy groups -OCH3 is 1. The fourth-order valence-electron chi connectivity index (χ4n) is 3.00. The second-order valence-electron chi connectivity index (χ2n) is 5.62. The van der Waals surface area contributed by atoms with Crippen LogP contribution in [-0.4, -0.2) is 65.6 Å². The van der Waals surface area contributed by atoms with Crippen molar-refractivity contribution in [3.63, 3.8) is 0 Å². The molecule has 3 heterocycles. The molecule has 7 heteroatoms. The van der Waals surface area contributed by atoms with Gasteiger partial charge in [-0.05, 0) is 12.8 Å². The molecule has 1 unspecified atom stereocenters. The Bertz CT molecular complexity index is 522. The van der Waals surface area contributed by atoms with E-state index in [4.69, 9.17) is 4.74 Å². The normalized spacial score (nSPS) is 22.5. The van der Waals surface area contributed by atoms with E-state index in [0.29, 0.717) is 24.3 Å². The smallest absolute Gasteiger partial charge is 0.228 e. The van der Waals surface area contributed by atoms with Gasteiger partial charge in [0.2, 0.25) is 17.7 Å². The van der Waals surface area contributed by atoms with Crippen molar-refractivity contribution in [3.05, 3.63) is 12.3 Å². The van der Waals surface area contributed by atoms with Crippen LogP contribution >= 0.6 is 11.8 Å². The molecule has 2 aliphatic rings. The van der Waals surface area contributed by atoms with Crippen LogP contribution in [-0.2, 0) is 4.79 Å². The van der Waals surface area contributed by atoms with Crippen molar-refractivity contribution in [2.75, 3.05) is 49.7 Å². The van der Waals surface area contributed by atoms with Crippen LogP contribution in [0.1, 0.15) is 12.8 Å². The molecule has 0 spiro atoms. The number of carbonyl (C=O) groups is 1. The van der Waals surface area contributed by atoms with Crippen molar-refractivity contribution in [1.82, 2.24) is 14.9 Å². The fourth-order valence-corrected chi connectivity index (χ4v) is 3.90. The summed E-state index contributed by atoms with van der Waals surface area (Å²) in [5.74, 6) is 3.69. The maximum Gasteiger partial charge on any atom is 0.228 e. The summed E-state index contributed by atoms with van der Waals surface area (Å²) in [5.41, 5.74) is 0. The number of hydrogen-bond donors (Lipinski definition) is 0. The Labute approximate surface area is 135 Å². The monoisotopic (exact) mass is 322 g/mol. The number of carbonyl (C=O) groups excluding carboxylic acids is 1. The lowest BCUT2D eigenvalue weighted by atomic mass is 9.96. The molecule has 22 heavy (non-hydrogen) atoms. The number of rotatable bonds is 3. The summed E-state index contributed by atoms with van der Waals surface area (Å²) in [7, 11) is 1.60. The number of piperidine rings is 1. The third kappa shape index (κ3) is 3.45. The first-order valence-electron chi connectivity index (χ1n) is 7.76. The van der Waals surface area contributed by atoms with Crippen LogP contribution in [0.2, 0.25) is 0 Å². The first kappa shape index (κ1) is 15.4. The molecule has 2 saturated heterocycles. The van der Waals surface area contributed by atoms with Crippen LogP contribution in [0.3, 0.4) is 0 Å². The molecule has 2 aliphatic heterocycles. The number of thioether (sulfide) groups is 1. The van der Waals surface area contributed by atoms with E-state index in [2.05, 4.69) is 14.9 Å². The van der Waals surface area contributed by atoms with Crippen molar-refractivity contribution in [2.24, 2.45) is 5.92 Å². The number of amides is 1. The number of anilines is 1. The van der Waals surface area contributed by atoms with E-state index in [0.717, 1.165) is 44.0 Å². The number of nitrogens with zero attached hydrogens (tertiary/aromatic N) is 4. The van der Waals surface area contributed by atoms with Crippen LogP contribution < -0.4 is 9.64 Å². The van der Waals surface area contributed by atoms with Gasteiger partial charge in [-0.2, -0.15) is 16.7 Å². The number of aromatic nitrogens is 2. The Morgan fingerprint density at radius 1 is 1.36 bits per heavy atom. The topological polar surface area (TPSA) is 58.6 Å². The lowest BCUT2D eigenvalue weighted by Crippen LogP contribution is -2.47.